The van der Waals surface area contributed by atoms with Crippen molar-refractivity contribution in [3.63, 3.8) is 0 Å². The summed E-state index contributed by atoms with van der Waals surface area (Å²) in [4.78, 5) is 28.0. The minimum Gasteiger partial charge on any atom is -0.333 e. The van der Waals surface area contributed by atoms with E-state index in [1.807, 2.05) is 6.92 Å². The second kappa shape index (κ2) is 6.29. The topological polar surface area (TPSA) is 71.1 Å². The highest BCUT2D eigenvalue weighted by atomic mass is 32.1. The van der Waals surface area contributed by atoms with Crippen molar-refractivity contribution >= 4 is 28.8 Å². The third-order valence-electron chi connectivity index (χ3n) is 2.64. The molecule has 6 heteroatoms. The molecule has 0 atom stereocenters. The molecule has 0 aliphatic rings. The van der Waals surface area contributed by atoms with Crippen LogP contribution in [0.2, 0.25) is 0 Å². The van der Waals surface area contributed by atoms with Crippen LogP contribution in [0.15, 0.2) is 30.5 Å². The van der Waals surface area contributed by atoms with Crippen molar-refractivity contribution in [1.82, 2.24) is 10.3 Å². The van der Waals surface area contributed by atoms with E-state index >= 15 is 0 Å². The van der Waals surface area contributed by atoms with Crippen molar-refractivity contribution in [3.05, 3.63) is 45.9 Å². The number of ketones is 1. The lowest BCUT2D eigenvalue weighted by molar-refractivity contribution is 0.101. The summed E-state index contributed by atoms with van der Waals surface area (Å²) in [6, 6.07) is 6.49. The number of Topliss-reactive ketones (excluding diaryl/α,β-unsaturated/α-hetero) is 1. The molecule has 0 bridgehead atoms. The van der Waals surface area contributed by atoms with Crippen molar-refractivity contribution in [1.29, 1.82) is 0 Å². The van der Waals surface area contributed by atoms with Gasteiger partial charge in [0.1, 0.15) is 0 Å². The SMILES string of the molecule is CC(=O)c1ccc(NC(=O)NCc2cnc(C)s2)cc1. The molecular formula is C14H15N3O2S. The fourth-order valence-corrected chi connectivity index (χ4v) is 2.35. The summed E-state index contributed by atoms with van der Waals surface area (Å²) in [5.41, 5.74) is 1.27. The minimum absolute atomic E-state index is 0.00145. The number of amides is 2. The Bertz CT molecular complexity index is 620. The summed E-state index contributed by atoms with van der Waals surface area (Å²) in [6.45, 7) is 3.87. The fraction of sp³-hybridized carbons (Fsp3) is 0.214. The first kappa shape index (κ1) is 14.2. The van der Waals surface area contributed by atoms with Crippen LogP contribution >= 0.6 is 11.3 Å². The Morgan fingerprint density at radius 1 is 1.25 bits per heavy atom. The van der Waals surface area contributed by atoms with Gasteiger partial charge >= 0.3 is 6.03 Å². The van der Waals surface area contributed by atoms with E-state index in [-0.39, 0.29) is 11.8 Å². The monoisotopic (exact) mass is 289 g/mol. The van der Waals surface area contributed by atoms with E-state index in [2.05, 4.69) is 15.6 Å². The van der Waals surface area contributed by atoms with Gasteiger partial charge in [-0.15, -0.1) is 11.3 Å². The van der Waals surface area contributed by atoms with Crippen molar-refractivity contribution < 1.29 is 9.59 Å². The van der Waals surface area contributed by atoms with Crippen LogP contribution in [0.5, 0.6) is 0 Å². The highest BCUT2D eigenvalue weighted by Gasteiger charge is 2.04. The lowest BCUT2D eigenvalue weighted by Crippen LogP contribution is -2.27. The van der Waals surface area contributed by atoms with Crippen LogP contribution in [-0.4, -0.2) is 16.8 Å². The second-order valence-electron chi connectivity index (χ2n) is 4.29. The Morgan fingerprint density at radius 2 is 1.95 bits per heavy atom. The first-order chi connectivity index (χ1) is 9.54. The van der Waals surface area contributed by atoms with E-state index in [1.165, 1.54) is 6.92 Å². The van der Waals surface area contributed by atoms with Gasteiger partial charge in [0, 0.05) is 22.3 Å². The van der Waals surface area contributed by atoms with Gasteiger partial charge in [-0.1, -0.05) is 0 Å². The van der Waals surface area contributed by atoms with Gasteiger partial charge in [-0.2, -0.15) is 0 Å². The average molecular weight is 289 g/mol. The third kappa shape index (κ3) is 3.89. The first-order valence-electron chi connectivity index (χ1n) is 6.12. The molecule has 20 heavy (non-hydrogen) atoms. The van der Waals surface area contributed by atoms with Gasteiger partial charge in [-0.25, -0.2) is 9.78 Å². The highest BCUT2D eigenvalue weighted by molar-refractivity contribution is 7.11. The number of aromatic nitrogens is 1. The summed E-state index contributed by atoms with van der Waals surface area (Å²) in [7, 11) is 0. The van der Waals surface area contributed by atoms with E-state index in [1.54, 1.807) is 41.8 Å². The zero-order chi connectivity index (χ0) is 14.5. The number of urea groups is 1. The lowest BCUT2D eigenvalue weighted by Gasteiger charge is -2.06. The normalized spacial score (nSPS) is 10.1. The van der Waals surface area contributed by atoms with Crippen molar-refractivity contribution in [3.8, 4) is 0 Å². The number of thiazole rings is 1. The number of rotatable bonds is 4. The van der Waals surface area contributed by atoms with Gasteiger partial charge < -0.3 is 10.6 Å². The van der Waals surface area contributed by atoms with E-state index < -0.39 is 0 Å². The quantitative estimate of drug-likeness (QED) is 0.850. The maximum absolute atomic E-state index is 11.7. The van der Waals surface area contributed by atoms with Gasteiger partial charge in [-0.05, 0) is 38.1 Å². The summed E-state index contributed by atoms with van der Waals surface area (Å²) in [6.07, 6.45) is 1.75. The highest BCUT2D eigenvalue weighted by Crippen LogP contribution is 2.12. The van der Waals surface area contributed by atoms with Crippen LogP contribution in [0.3, 0.4) is 0 Å². The summed E-state index contributed by atoms with van der Waals surface area (Å²) < 4.78 is 0. The molecule has 0 saturated heterocycles. The summed E-state index contributed by atoms with van der Waals surface area (Å²) in [5, 5.41) is 6.43. The van der Waals surface area contributed by atoms with Crippen molar-refractivity contribution in [2.45, 2.75) is 20.4 Å². The number of nitrogens with one attached hydrogen (secondary N) is 2. The Hall–Kier alpha value is -2.21. The lowest BCUT2D eigenvalue weighted by atomic mass is 10.1. The summed E-state index contributed by atoms with van der Waals surface area (Å²) >= 11 is 1.55. The molecule has 0 spiro atoms. The van der Waals surface area contributed by atoms with Gasteiger partial charge in [0.2, 0.25) is 0 Å². The van der Waals surface area contributed by atoms with Gasteiger partial charge in [-0.3, -0.25) is 4.79 Å². The molecule has 0 saturated carbocycles. The zero-order valence-electron chi connectivity index (χ0n) is 11.3. The molecule has 1 aromatic carbocycles. The Labute approximate surface area is 121 Å². The number of hydrogen-bond acceptors (Lipinski definition) is 4. The molecule has 2 amide bonds. The molecule has 0 radical (unpaired) electrons. The molecular weight excluding hydrogens is 274 g/mol. The number of carbonyl (C=O) groups is 2. The number of nitrogens with zero attached hydrogens (tertiary/aromatic N) is 1. The number of hydrogen-bond donors (Lipinski definition) is 2. The van der Waals surface area contributed by atoms with Crippen molar-refractivity contribution in [2.75, 3.05) is 5.32 Å². The predicted molar refractivity (Wildman–Crippen MR) is 79.2 cm³/mol. The molecule has 0 aliphatic heterocycles. The maximum Gasteiger partial charge on any atom is 0.319 e. The molecule has 1 aromatic heterocycles. The Kier molecular flexibility index (Phi) is 4.47. The molecule has 2 rings (SSSR count). The number of carbonyl (C=O) groups excluding carboxylic acids is 2. The average Bonchev–Trinajstić information content (AvgIpc) is 2.83. The first-order valence-corrected chi connectivity index (χ1v) is 6.93. The van der Waals surface area contributed by atoms with E-state index in [0.29, 0.717) is 17.8 Å². The van der Waals surface area contributed by atoms with Crippen LogP contribution in [0.25, 0.3) is 0 Å². The van der Waals surface area contributed by atoms with Crippen LogP contribution < -0.4 is 10.6 Å². The number of benzene rings is 1. The fourth-order valence-electron chi connectivity index (χ4n) is 1.62. The molecule has 0 aliphatic carbocycles. The molecule has 2 N–H and O–H groups in total. The molecule has 104 valence electrons. The Balaban J connectivity index is 1.86. The van der Waals surface area contributed by atoms with Crippen LogP contribution in [0, 0.1) is 6.92 Å². The standard InChI is InChI=1S/C14H15N3O2S/c1-9(18)11-3-5-12(6-4-11)17-14(19)16-8-13-7-15-10(2)20-13/h3-7H,8H2,1-2H3,(H2,16,17,19). The van der Waals surface area contributed by atoms with Crippen molar-refractivity contribution in [2.24, 2.45) is 0 Å². The van der Waals surface area contributed by atoms with Gasteiger partial charge in [0.15, 0.2) is 5.78 Å². The summed E-state index contributed by atoms with van der Waals surface area (Å²) in [5.74, 6) is 0.00145. The molecule has 0 fully saturated rings. The largest absolute Gasteiger partial charge is 0.333 e. The van der Waals surface area contributed by atoms with Crippen LogP contribution in [0.1, 0.15) is 27.2 Å². The molecule has 2 aromatic rings. The van der Waals surface area contributed by atoms with E-state index in [4.69, 9.17) is 0 Å². The Morgan fingerprint density at radius 3 is 2.50 bits per heavy atom. The van der Waals surface area contributed by atoms with E-state index in [0.717, 1.165) is 9.88 Å². The molecule has 5 nitrogen and oxygen atoms in total. The van der Waals surface area contributed by atoms with Crippen LogP contribution in [0.4, 0.5) is 10.5 Å². The van der Waals surface area contributed by atoms with Gasteiger partial charge in [0.05, 0.1) is 11.6 Å². The maximum atomic E-state index is 11.7. The molecule has 0 unspecified atom stereocenters. The molecule has 1 heterocycles. The number of anilines is 1. The zero-order valence-corrected chi connectivity index (χ0v) is 12.1. The van der Waals surface area contributed by atoms with Gasteiger partial charge in [0.25, 0.3) is 0 Å². The predicted octanol–water partition coefficient (Wildman–Crippen LogP) is 2.98. The second-order valence-corrected chi connectivity index (χ2v) is 5.61. The smallest absolute Gasteiger partial charge is 0.319 e. The number of aryl methyl sites for hydroxylation is 1. The minimum atomic E-state index is -0.286. The van der Waals surface area contributed by atoms with E-state index in [9.17, 15) is 9.59 Å². The van der Waals surface area contributed by atoms with Crippen LogP contribution in [-0.2, 0) is 6.54 Å². The third-order valence-corrected chi connectivity index (χ3v) is 3.55.